The van der Waals surface area contributed by atoms with Crippen LogP contribution in [-0.2, 0) is 9.59 Å². The number of carbonyl (C=O) groups excluding carboxylic acids is 3. The lowest BCUT2D eigenvalue weighted by molar-refractivity contribution is -0.127. The van der Waals surface area contributed by atoms with Gasteiger partial charge in [0, 0.05) is 34.8 Å². The van der Waals surface area contributed by atoms with Gasteiger partial charge in [-0.15, -0.1) is 0 Å². The number of Topliss-reactive ketones (excluding diaryl/α,β-unsaturated/α-hetero) is 1. The van der Waals surface area contributed by atoms with E-state index in [-0.39, 0.29) is 28.9 Å². The summed E-state index contributed by atoms with van der Waals surface area (Å²) in [7, 11) is 0. The molecule has 7 nitrogen and oxygen atoms in total. The number of hydrogen-bond donors (Lipinski definition) is 2. The Morgan fingerprint density at radius 1 is 1.19 bits per heavy atom. The van der Waals surface area contributed by atoms with Crippen molar-refractivity contribution in [1.29, 1.82) is 5.26 Å². The van der Waals surface area contributed by atoms with Gasteiger partial charge in [0.2, 0.25) is 5.91 Å². The standard InChI is InChI=1S/C28H33ClN4O3/c29-20-9-8-18-13-23(32-22(18)14-20)27(36)33-17-28(10-4-1-5-11-28)15-24(33)26(35)31-21(16-30)12-19-6-2-3-7-25(19)34/h8-9,13-14,19,21,24,32H,1-7,10-12,15,17H2,(H,31,35). The lowest BCUT2D eigenvalue weighted by Crippen LogP contribution is -2.49. The van der Waals surface area contributed by atoms with Crippen LogP contribution >= 0.6 is 11.6 Å². The summed E-state index contributed by atoms with van der Waals surface area (Å²) in [5.74, 6) is -0.484. The highest BCUT2D eigenvalue weighted by atomic mass is 35.5. The molecule has 3 atom stereocenters. The summed E-state index contributed by atoms with van der Waals surface area (Å²) in [6.07, 6.45) is 9.55. The van der Waals surface area contributed by atoms with Crippen LogP contribution in [0.25, 0.3) is 10.9 Å². The number of carbonyl (C=O) groups is 3. The van der Waals surface area contributed by atoms with Gasteiger partial charge in [-0.1, -0.05) is 43.4 Å². The van der Waals surface area contributed by atoms with E-state index in [1.54, 1.807) is 17.0 Å². The average Bonchev–Trinajstić information content (AvgIpc) is 3.46. The predicted molar refractivity (Wildman–Crippen MR) is 137 cm³/mol. The first kappa shape index (κ1) is 24.8. The topological polar surface area (TPSA) is 106 Å². The molecule has 2 saturated carbocycles. The fourth-order valence-electron chi connectivity index (χ4n) is 6.54. The van der Waals surface area contributed by atoms with Crippen molar-refractivity contribution in [3.8, 4) is 6.07 Å². The van der Waals surface area contributed by atoms with E-state index in [9.17, 15) is 19.6 Å². The van der Waals surface area contributed by atoms with E-state index in [1.165, 1.54) is 6.42 Å². The summed E-state index contributed by atoms with van der Waals surface area (Å²) in [6.45, 7) is 0.540. The Balaban J connectivity index is 1.36. The first-order valence-corrected chi connectivity index (χ1v) is 13.6. The maximum atomic E-state index is 13.7. The molecule has 5 rings (SSSR count). The summed E-state index contributed by atoms with van der Waals surface area (Å²) >= 11 is 6.12. The van der Waals surface area contributed by atoms with Crippen LogP contribution in [0, 0.1) is 22.7 Å². The second-order valence-corrected chi connectivity index (χ2v) is 11.4. The molecular formula is C28H33ClN4O3. The zero-order chi connectivity index (χ0) is 25.3. The van der Waals surface area contributed by atoms with E-state index in [0.717, 1.165) is 55.8 Å². The number of likely N-dealkylation sites (tertiary alicyclic amines) is 1. The second kappa shape index (κ2) is 10.3. The van der Waals surface area contributed by atoms with Gasteiger partial charge < -0.3 is 15.2 Å². The van der Waals surface area contributed by atoms with Crippen LogP contribution in [0.15, 0.2) is 24.3 Å². The normalized spacial score (nSPS) is 24.6. The molecule has 0 bridgehead atoms. The number of amides is 2. The van der Waals surface area contributed by atoms with Crippen molar-refractivity contribution in [2.45, 2.75) is 82.7 Å². The first-order valence-electron chi connectivity index (χ1n) is 13.2. The summed E-state index contributed by atoms with van der Waals surface area (Å²) in [5, 5.41) is 14.1. The van der Waals surface area contributed by atoms with Crippen molar-refractivity contribution in [2.75, 3.05) is 6.54 Å². The molecule has 2 heterocycles. The molecule has 3 aliphatic rings. The Labute approximate surface area is 216 Å². The Bertz CT molecular complexity index is 1210. The van der Waals surface area contributed by atoms with Crippen LogP contribution in [0.5, 0.6) is 0 Å². The second-order valence-electron chi connectivity index (χ2n) is 11.0. The number of aromatic nitrogens is 1. The van der Waals surface area contributed by atoms with E-state index in [1.807, 2.05) is 12.1 Å². The first-order chi connectivity index (χ1) is 17.4. The average molecular weight is 509 g/mol. The van der Waals surface area contributed by atoms with Crippen molar-refractivity contribution >= 4 is 40.1 Å². The lowest BCUT2D eigenvalue weighted by atomic mass is 9.72. The third kappa shape index (κ3) is 5.01. The van der Waals surface area contributed by atoms with Gasteiger partial charge >= 0.3 is 0 Å². The van der Waals surface area contributed by atoms with Crippen molar-refractivity contribution in [3.63, 3.8) is 0 Å². The molecule has 3 fully saturated rings. The molecule has 0 radical (unpaired) electrons. The van der Waals surface area contributed by atoms with Gasteiger partial charge in [-0.3, -0.25) is 14.4 Å². The lowest BCUT2D eigenvalue weighted by Gasteiger charge is -2.32. The van der Waals surface area contributed by atoms with Crippen LogP contribution in [0.1, 0.15) is 81.1 Å². The van der Waals surface area contributed by atoms with Crippen LogP contribution in [-0.4, -0.2) is 46.1 Å². The number of aromatic amines is 1. The van der Waals surface area contributed by atoms with E-state index in [2.05, 4.69) is 16.4 Å². The largest absolute Gasteiger partial charge is 0.350 e. The van der Waals surface area contributed by atoms with Gasteiger partial charge in [0.05, 0.1) is 6.07 Å². The number of benzene rings is 1. The monoisotopic (exact) mass is 508 g/mol. The molecule has 1 saturated heterocycles. The molecule has 2 aliphatic carbocycles. The predicted octanol–water partition coefficient (Wildman–Crippen LogP) is 5.14. The molecule has 2 aromatic rings. The Kier molecular flexibility index (Phi) is 7.07. The molecule has 190 valence electrons. The quantitative estimate of drug-likeness (QED) is 0.582. The molecule has 1 aromatic carbocycles. The molecule has 3 unspecified atom stereocenters. The van der Waals surface area contributed by atoms with E-state index in [0.29, 0.717) is 36.5 Å². The number of ketones is 1. The highest BCUT2D eigenvalue weighted by Crippen LogP contribution is 2.46. The Morgan fingerprint density at radius 2 is 2.00 bits per heavy atom. The number of halogens is 1. The molecule has 1 aliphatic heterocycles. The van der Waals surface area contributed by atoms with Gasteiger partial charge in [-0.25, -0.2) is 0 Å². The number of fused-ring (bicyclic) bond motifs is 1. The molecular weight excluding hydrogens is 476 g/mol. The molecule has 1 aromatic heterocycles. The van der Waals surface area contributed by atoms with Crippen LogP contribution in [0.3, 0.4) is 0 Å². The van der Waals surface area contributed by atoms with Crippen molar-refractivity contribution in [2.24, 2.45) is 11.3 Å². The van der Waals surface area contributed by atoms with Crippen molar-refractivity contribution in [3.05, 3.63) is 35.0 Å². The number of hydrogen-bond acceptors (Lipinski definition) is 4. The number of nitrogens with one attached hydrogen (secondary N) is 2. The third-order valence-corrected chi connectivity index (χ3v) is 8.71. The van der Waals surface area contributed by atoms with E-state index in [4.69, 9.17) is 11.6 Å². The minimum atomic E-state index is -0.736. The molecule has 2 amide bonds. The van der Waals surface area contributed by atoms with Crippen LogP contribution in [0.2, 0.25) is 5.02 Å². The SMILES string of the molecule is N#CC(CC1CCCCC1=O)NC(=O)C1CC2(CCCCC2)CN1C(=O)c1cc2ccc(Cl)cc2[nH]1. The van der Waals surface area contributed by atoms with Crippen molar-refractivity contribution in [1.82, 2.24) is 15.2 Å². The zero-order valence-electron chi connectivity index (χ0n) is 20.5. The fraction of sp³-hybridized carbons (Fsp3) is 0.571. The van der Waals surface area contributed by atoms with Crippen LogP contribution in [0.4, 0.5) is 0 Å². The number of H-pyrrole nitrogens is 1. The summed E-state index contributed by atoms with van der Waals surface area (Å²) in [5.41, 5.74) is 1.15. The third-order valence-electron chi connectivity index (χ3n) is 8.47. The minimum Gasteiger partial charge on any atom is -0.350 e. The van der Waals surface area contributed by atoms with Gasteiger partial charge in [0.1, 0.15) is 23.6 Å². The van der Waals surface area contributed by atoms with Gasteiger partial charge in [-0.05, 0) is 62.1 Å². The van der Waals surface area contributed by atoms with Crippen LogP contribution < -0.4 is 5.32 Å². The van der Waals surface area contributed by atoms with E-state index >= 15 is 0 Å². The number of rotatable bonds is 5. The van der Waals surface area contributed by atoms with Gasteiger partial charge in [-0.2, -0.15) is 5.26 Å². The van der Waals surface area contributed by atoms with Gasteiger partial charge in [0.25, 0.3) is 5.91 Å². The Morgan fingerprint density at radius 3 is 2.75 bits per heavy atom. The number of nitrogens with zero attached hydrogens (tertiary/aromatic N) is 2. The fourth-order valence-corrected chi connectivity index (χ4v) is 6.71. The highest BCUT2D eigenvalue weighted by molar-refractivity contribution is 6.31. The molecule has 8 heteroatoms. The molecule has 36 heavy (non-hydrogen) atoms. The number of nitriles is 1. The van der Waals surface area contributed by atoms with Crippen molar-refractivity contribution < 1.29 is 14.4 Å². The summed E-state index contributed by atoms with van der Waals surface area (Å²) in [6, 6.07) is 8.06. The smallest absolute Gasteiger partial charge is 0.271 e. The maximum Gasteiger partial charge on any atom is 0.271 e. The van der Waals surface area contributed by atoms with Gasteiger partial charge in [0.15, 0.2) is 0 Å². The minimum absolute atomic E-state index is 0.0628. The highest BCUT2D eigenvalue weighted by Gasteiger charge is 2.49. The maximum absolute atomic E-state index is 13.7. The summed E-state index contributed by atoms with van der Waals surface area (Å²) in [4.78, 5) is 44.5. The zero-order valence-corrected chi connectivity index (χ0v) is 21.3. The summed E-state index contributed by atoms with van der Waals surface area (Å²) < 4.78 is 0. The molecule has 2 N–H and O–H groups in total. The molecule has 1 spiro atoms. The van der Waals surface area contributed by atoms with E-state index < -0.39 is 12.1 Å². The Hall–Kier alpha value is -2.85.